The monoisotopic (exact) mass is 301 g/mol. The molecule has 1 aromatic carbocycles. The number of nitrogens with one attached hydrogen (secondary N) is 1. The van der Waals surface area contributed by atoms with Gasteiger partial charge >= 0.3 is 0 Å². The third kappa shape index (κ3) is 2.95. The smallest absolute Gasteiger partial charge is 0.273 e. The highest BCUT2D eigenvalue weighted by Gasteiger charge is 2.24. The van der Waals surface area contributed by atoms with E-state index in [1.165, 1.54) is 17.5 Å². The van der Waals surface area contributed by atoms with Crippen LogP contribution in [0.15, 0.2) is 33.9 Å². The molecule has 0 bridgehead atoms. The van der Waals surface area contributed by atoms with Crippen LogP contribution in [0.25, 0.3) is 10.8 Å². The SMILES string of the molecule is CN(CC1CC1)C(=O)CCn1[nH]c(=O)c2ccccc2c1=O. The molecule has 1 aliphatic rings. The van der Waals surface area contributed by atoms with Crippen LogP contribution < -0.4 is 11.1 Å². The van der Waals surface area contributed by atoms with E-state index in [0.29, 0.717) is 16.7 Å². The van der Waals surface area contributed by atoms with Gasteiger partial charge in [0.05, 0.1) is 17.3 Å². The van der Waals surface area contributed by atoms with Crippen LogP contribution in [0.1, 0.15) is 19.3 Å². The van der Waals surface area contributed by atoms with Gasteiger partial charge < -0.3 is 4.90 Å². The van der Waals surface area contributed by atoms with Gasteiger partial charge in [0.25, 0.3) is 11.1 Å². The van der Waals surface area contributed by atoms with Crippen LogP contribution in [0, 0.1) is 5.92 Å². The van der Waals surface area contributed by atoms with Gasteiger partial charge in [-0.1, -0.05) is 12.1 Å². The maximum atomic E-state index is 12.3. The van der Waals surface area contributed by atoms with Crippen LogP contribution >= 0.6 is 0 Å². The Hall–Kier alpha value is -2.37. The topological polar surface area (TPSA) is 75.2 Å². The summed E-state index contributed by atoms with van der Waals surface area (Å²) < 4.78 is 1.23. The Morgan fingerprint density at radius 1 is 1.27 bits per heavy atom. The number of aromatic nitrogens is 2. The summed E-state index contributed by atoms with van der Waals surface area (Å²) in [7, 11) is 1.78. The lowest BCUT2D eigenvalue weighted by molar-refractivity contribution is -0.130. The highest BCUT2D eigenvalue weighted by molar-refractivity contribution is 5.80. The van der Waals surface area contributed by atoms with Crippen LogP contribution in [-0.4, -0.2) is 34.2 Å². The molecule has 6 nitrogen and oxygen atoms in total. The second kappa shape index (κ2) is 5.79. The van der Waals surface area contributed by atoms with Gasteiger partial charge in [0, 0.05) is 20.0 Å². The number of H-pyrrole nitrogens is 1. The molecule has 0 aliphatic heterocycles. The van der Waals surface area contributed by atoms with E-state index < -0.39 is 0 Å². The summed E-state index contributed by atoms with van der Waals surface area (Å²) in [5.41, 5.74) is -0.582. The Balaban J connectivity index is 1.76. The molecule has 116 valence electrons. The van der Waals surface area contributed by atoms with Crippen molar-refractivity contribution in [1.82, 2.24) is 14.7 Å². The second-order valence-corrected chi connectivity index (χ2v) is 5.91. The number of hydrogen-bond donors (Lipinski definition) is 1. The summed E-state index contributed by atoms with van der Waals surface area (Å²) in [5, 5.41) is 3.30. The lowest BCUT2D eigenvalue weighted by Crippen LogP contribution is -2.33. The van der Waals surface area contributed by atoms with Crippen molar-refractivity contribution in [2.75, 3.05) is 13.6 Å². The van der Waals surface area contributed by atoms with Gasteiger partial charge in [0.15, 0.2) is 0 Å². The first kappa shape index (κ1) is 14.6. The van der Waals surface area contributed by atoms with E-state index in [1.54, 1.807) is 36.2 Å². The van der Waals surface area contributed by atoms with Crippen molar-refractivity contribution >= 4 is 16.7 Å². The molecule has 0 radical (unpaired) electrons. The zero-order valence-corrected chi connectivity index (χ0v) is 12.5. The van der Waals surface area contributed by atoms with Crippen LogP contribution in [0.4, 0.5) is 0 Å². The Kier molecular flexibility index (Phi) is 3.83. The molecule has 1 saturated carbocycles. The van der Waals surface area contributed by atoms with Gasteiger partial charge in [-0.15, -0.1) is 0 Å². The van der Waals surface area contributed by atoms with Gasteiger partial charge in [-0.2, -0.15) is 0 Å². The normalized spacial score (nSPS) is 14.2. The number of benzene rings is 1. The molecule has 1 amide bonds. The maximum Gasteiger partial charge on any atom is 0.273 e. The first-order valence-corrected chi connectivity index (χ1v) is 7.52. The molecule has 0 atom stereocenters. The summed E-state index contributed by atoms with van der Waals surface area (Å²) in [5.74, 6) is 0.630. The van der Waals surface area contributed by atoms with E-state index in [9.17, 15) is 14.4 Å². The third-order valence-electron chi connectivity index (χ3n) is 4.09. The van der Waals surface area contributed by atoms with Crippen LogP contribution in [0.5, 0.6) is 0 Å². The Bertz CT molecular complexity index is 817. The number of aryl methyl sites for hydroxylation is 1. The quantitative estimate of drug-likeness (QED) is 0.893. The Morgan fingerprint density at radius 3 is 2.64 bits per heavy atom. The number of fused-ring (bicyclic) bond motifs is 1. The highest BCUT2D eigenvalue weighted by atomic mass is 16.2. The molecule has 3 rings (SSSR count). The van der Waals surface area contributed by atoms with Gasteiger partial charge in [-0.3, -0.25) is 19.5 Å². The molecular weight excluding hydrogens is 282 g/mol. The highest BCUT2D eigenvalue weighted by Crippen LogP contribution is 2.29. The Labute approximate surface area is 127 Å². The largest absolute Gasteiger partial charge is 0.345 e. The van der Waals surface area contributed by atoms with Crippen molar-refractivity contribution in [3.8, 4) is 0 Å². The number of amides is 1. The minimum atomic E-state index is -0.311. The van der Waals surface area contributed by atoms with E-state index in [4.69, 9.17) is 0 Å². The average molecular weight is 301 g/mol. The molecule has 0 spiro atoms. The summed E-state index contributed by atoms with van der Waals surface area (Å²) in [6.45, 7) is 0.967. The number of aromatic amines is 1. The lowest BCUT2D eigenvalue weighted by Gasteiger charge is -2.17. The molecule has 22 heavy (non-hydrogen) atoms. The Morgan fingerprint density at radius 2 is 1.95 bits per heavy atom. The van der Waals surface area contributed by atoms with Gasteiger partial charge in [0.2, 0.25) is 5.91 Å². The van der Waals surface area contributed by atoms with Crippen molar-refractivity contribution in [3.63, 3.8) is 0 Å². The molecule has 1 heterocycles. The van der Waals surface area contributed by atoms with Crippen molar-refractivity contribution in [1.29, 1.82) is 0 Å². The van der Waals surface area contributed by atoms with Crippen molar-refractivity contribution < 1.29 is 4.79 Å². The molecule has 1 aliphatic carbocycles. The third-order valence-corrected chi connectivity index (χ3v) is 4.09. The molecule has 6 heteroatoms. The second-order valence-electron chi connectivity index (χ2n) is 5.91. The van der Waals surface area contributed by atoms with Crippen LogP contribution in [0.2, 0.25) is 0 Å². The van der Waals surface area contributed by atoms with E-state index in [1.807, 2.05) is 0 Å². The summed E-state index contributed by atoms with van der Waals surface area (Å²) >= 11 is 0. The van der Waals surface area contributed by atoms with Gasteiger partial charge in [0.1, 0.15) is 0 Å². The van der Waals surface area contributed by atoms with E-state index >= 15 is 0 Å². The molecule has 1 fully saturated rings. The molecular formula is C16H19N3O3. The zero-order valence-electron chi connectivity index (χ0n) is 12.5. The number of carbonyl (C=O) groups excluding carboxylic acids is 1. The van der Waals surface area contributed by atoms with Gasteiger partial charge in [-0.05, 0) is 30.9 Å². The number of carbonyl (C=O) groups is 1. The number of hydrogen-bond acceptors (Lipinski definition) is 3. The first-order valence-electron chi connectivity index (χ1n) is 7.52. The first-order chi connectivity index (χ1) is 10.6. The zero-order chi connectivity index (χ0) is 15.7. The summed E-state index contributed by atoms with van der Waals surface area (Å²) in [6, 6.07) is 6.69. The van der Waals surface area contributed by atoms with E-state index in [2.05, 4.69) is 5.10 Å². The molecule has 0 saturated heterocycles. The number of rotatable bonds is 5. The van der Waals surface area contributed by atoms with E-state index in [0.717, 1.165) is 6.54 Å². The lowest BCUT2D eigenvalue weighted by atomic mass is 10.2. The predicted molar refractivity (Wildman–Crippen MR) is 83.8 cm³/mol. The molecule has 0 unspecified atom stereocenters. The fraction of sp³-hybridized carbons (Fsp3) is 0.438. The minimum Gasteiger partial charge on any atom is -0.345 e. The molecule has 2 aromatic rings. The summed E-state index contributed by atoms with van der Waals surface area (Å²) in [4.78, 5) is 38.1. The fourth-order valence-electron chi connectivity index (χ4n) is 2.59. The predicted octanol–water partition coefficient (Wildman–Crippen LogP) is 0.948. The molecule has 1 aromatic heterocycles. The maximum absolute atomic E-state index is 12.3. The standard InChI is InChI=1S/C16H19N3O3/c1-18(10-11-6-7-11)14(20)8-9-19-16(22)13-5-3-2-4-12(13)15(21)17-19/h2-5,11H,6-10H2,1H3,(H,17,21). The van der Waals surface area contributed by atoms with Gasteiger partial charge in [-0.25, -0.2) is 4.68 Å². The number of nitrogens with zero attached hydrogens (tertiary/aromatic N) is 2. The minimum absolute atomic E-state index is 0.00666. The van der Waals surface area contributed by atoms with Crippen molar-refractivity contribution in [2.45, 2.75) is 25.8 Å². The van der Waals surface area contributed by atoms with Crippen LogP contribution in [-0.2, 0) is 11.3 Å². The average Bonchev–Trinajstić information content (AvgIpc) is 3.33. The summed E-state index contributed by atoms with van der Waals surface area (Å²) in [6.07, 6.45) is 2.58. The van der Waals surface area contributed by atoms with Crippen molar-refractivity contribution in [2.24, 2.45) is 5.92 Å². The molecule has 1 N–H and O–H groups in total. The van der Waals surface area contributed by atoms with Crippen LogP contribution in [0.3, 0.4) is 0 Å². The van der Waals surface area contributed by atoms with E-state index in [-0.39, 0.29) is 30.0 Å². The van der Waals surface area contributed by atoms with Crippen molar-refractivity contribution in [3.05, 3.63) is 45.0 Å². The fourth-order valence-corrected chi connectivity index (χ4v) is 2.59.